The Morgan fingerprint density at radius 2 is 1.86 bits per heavy atom. The molecule has 1 aromatic carbocycles. The molecular weight excluding hydrogens is 276 g/mol. The lowest BCUT2D eigenvalue weighted by Crippen LogP contribution is -2.11. The van der Waals surface area contributed by atoms with Crippen molar-refractivity contribution in [2.24, 2.45) is 0 Å². The van der Waals surface area contributed by atoms with Crippen LogP contribution in [0.25, 0.3) is 22.7 Å². The van der Waals surface area contributed by atoms with Crippen molar-refractivity contribution in [2.75, 3.05) is 19.8 Å². The number of anilines is 1. The summed E-state index contributed by atoms with van der Waals surface area (Å²) in [4.78, 5) is 11.0. The van der Waals surface area contributed by atoms with Gasteiger partial charge in [0.15, 0.2) is 11.2 Å². The van der Waals surface area contributed by atoms with Gasteiger partial charge in [-0.25, -0.2) is 4.98 Å². The summed E-state index contributed by atoms with van der Waals surface area (Å²) in [5, 5.41) is 0. The second-order valence-corrected chi connectivity index (χ2v) is 5.01. The monoisotopic (exact) mass is 298 g/mol. The second kappa shape index (κ2) is 7.04. The number of pyridine rings is 1. The summed E-state index contributed by atoms with van der Waals surface area (Å²) in [6, 6.07) is 11.3. The topological polar surface area (TPSA) is 68.2 Å². The van der Waals surface area contributed by atoms with Crippen molar-refractivity contribution in [1.82, 2.24) is 14.9 Å². The maximum atomic E-state index is 5.78. The van der Waals surface area contributed by atoms with Crippen molar-refractivity contribution in [3.8, 4) is 11.5 Å². The molecule has 5 nitrogen and oxygen atoms in total. The van der Waals surface area contributed by atoms with Crippen molar-refractivity contribution >= 4 is 16.9 Å². The number of aromatic nitrogens is 2. The van der Waals surface area contributed by atoms with Gasteiger partial charge in [-0.3, -0.25) is 0 Å². The van der Waals surface area contributed by atoms with E-state index < -0.39 is 0 Å². The Labute approximate surface area is 130 Å². The Kier molecular flexibility index (Phi) is 5.12. The maximum Gasteiger partial charge on any atom is 0.228 e. The summed E-state index contributed by atoms with van der Waals surface area (Å²) in [5.74, 6) is 0.543. The van der Waals surface area contributed by atoms with Gasteiger partial charge >= 0.3 is 0 Å². The average Bonchev–Trinajstić information content (AvgIpc) is 2.92. The standard InChI is InChI=1S/C15H16N4O.C2H6/c1-19(2)9-12-6-7-13-14(17-12)18-15(20-13)10-4-3-5-11(16)8-10;1-2/h3-8H,9,16H2,1-2H3;1-2H3. The molecule has 0 atom stereocenters. The molecule has 2 N–H and O–H groups in total. The number of rotatable bonds is 3. The number of hydrogen-bond donors (Lipinski definition) is 1. The first-order chi connectivity index (χ1) is 10.6. The van der Waals surface area contributed by atoms with Gasteiger partial charge < -0.3 is 15.1 Å². The molecule has 3 rings (SSSR count). The normalized spacial score (nSPS) is 10.6. The van der Waals surface area contributed by atoms with Crippen LogP contribution in [0, 0.1) is 0 Å². The first-order valence-electron chi connectivity index (χ1n) is 7.39. The minimum atomic E-state index is 0.543. The molecule has 0 saturated heterocycles. The minimum absolute atomic E-state index is 0.543. The highest BCUT2D eigenvalue weighted by molar-refractivity contribution is 5.73. The van der Waals surface area contributed by atoms with Crippen LogP contribution in [0.3, 0.4) is 0 Å². The Hall–Kier alpha value is -2.40. The largest absolute Gasteiger partial charge is 0.434 e. The van der Waals surface area contributed by atoms with Crippen LogP contribution in [0.15, 0.2) is 40.8 Å². The van der Waals surface area contributed by atoms with Crippen molar-refractivity contribution in [1.29, 1.82) is 0 Å². The van der Waals surface area contributed by atoms with Crippen LogP contribution >= 0.6 is 0 Å². The molecule has 0 spiro atoms. The lowest BCUT2D eigenvalue weighted by Gasteiger charge is -2.07. The summed E-state index contributed by atoms with van der Waals surface area (Å²) in [5.41, 5.74) is 9.60. The predicted molar refractivity (Wildman–Crippen MR) is 90.4 cm³/mol. The number of nitrogens with two attached hydrogens (primary N) is 1. The van der Waals surface area contributed by atoms with E-state index in [2.05, 4.69) is 14.9 Å². The number of benzene rings is 1. The fourth-order valence-corrected chi connectivity index (χ4v) is 2.06. The molecule has 0 bridgehead atoms. The van der Waals surface area contributed by atoms with Crippen LogP contribution in [-0.2, 0) is 6.54 Å². The van der Waals surface area contributed by atoms with Gasteiger partial charge in [0, 0.05) is 17.8 Å². The van der Waals surface area contributed by atoms with E-state index in [0.29, 0.717) is 22.8 Å². The quantitative estimate of drug-likeness (QED) is 0.749. The Morgan fingerprint density at radius 3 is 2.55 bits per heavy atom. The van der Waals surface area contributed by atoms with Gasteiger partial charge in [0.1, 0.15) is 0 Å². The number of nitrogens with zero attached hydrogens (tertiary/aromatic N) is 3. The zero-order valence-electron chi connectivity index (χ0n) is 13.5. The molecule has 0 saturated carbocycles. The zero-order chi connectivity index (χ0) is 16.1. The van der Waals surface area contributed by atoms with Crippen LogP contribution in [0.2, 0.25) is 0 Å². The molecule has 0 fully saturated rings. The van der Waals surface area contributed by atoms with Gasteiger partial charge in [-0.15, -0.1) is 0 Å². The van der Waals surface area contributed by atoms with E-state index in [1.165, 1.54) is 0 Å². The molecule has 22 heavy (non-hydrogen) atoms. The summed E-state index contributed by atoms with van der Waals surface area (Å²) in [6.07, 6.45) is 0. The molecule has 3 aromatic rings. The van der Waals surface area contributed by atoms with Crippen LogP contribution < -0.4 is 5.73 Å². The van der Waals surface area contributed by atoms with Crippen molar-refractivity contribution in [3.05, 3.63) is 42.1 Å². The second-order valence-electron chi connectivity index (χ2n) is 5.01. The van der Waals surface area contributed by atoms with E-state index in [-0.39, 0.29) is 0 Å². The third-order valence-corrected chi connectivity index (χ3v) is 2.92. The van der Waals surface area contributed by atoms with E-state index in [4.69, 9.17) is 10.2 Å². The highest BCUT2D eigenvalue weighted by Gasteiger charge is 2.10. The minimum Gasteiger partial charge on any atom is -0.434 e. The lowest BCUT2D eigenvalue weighted by atomic mass is 10.2. The van der Waals surface area contributed by atoms with E-state index >= 15 is 0 Å². The molecule has 0 aliphatic carbocycles. The average molecular weight is 298 g/mol. The van der Waals surface area contributed by atoms with Crippen molar-refractivity contribution in [3.63, 3.8) is 0 Å². The number of oxazole rings is 1. The molecule has 5 heteroatoms. The molecule has 0 amide bonds. The number of hydrogen-bond acceptors (Lipinski definition) is 5. The molecule has 0 aliphatic rings. The zero-order valence-corrected chi connectivity index (χ0v) is 13.5. The molecule has 0 aliphatic heterocycles. The van der Waals surface area contributed by atoms with Crippen molar-refractivity contribution in [2.45, 2.75) is 20.4 Å². The van der Waals surface area contributed by atoms with Gasteiger partial charge in [0.25, 0.3) is 0 Å². The summed E-state index contributed by atoms with van der Waals surface area (Å²) in [6.45, 7) is 4.77. The van der Waals surface area contributed by atoms with Crippen molar-refractivity contribution < 1.29 is 4.42 Å². The molecule has 0 unspecified atom stereocenters. The van der Waals surface area contributed by atoms with E-state index in [9.17, 15) is 0 Å². The van der Waals surface area contributed by atoms with Gasteiger partial charge in [0.2, 0.25) is 5.89 Å². The smallest absolute Gasteiger partial charge is 0.228 e. The summed E-state index contributed by atoms with van der Waals surface area (Å²) >= 11 is 0. The highest BCUT2D eigenvalue weighted by Crippen LogP contribution is 2.24. The fourth-order valence-electron chi connectivity index (χ4n) is 2.06. The molecule has 0 radical (unpaired) electrons. The highest BCUT2D eigenvalue weighted by atomic mass is 16.3. The third-order valence-electron chi connectivity index (χ3n) is 2.92. The SMILES string of the molecule is CC.CN(C)Cc1ccc2oc(-c3cccc(N)c3)nc2n1. The summed E-state index contributed by atoms with van der Waals surface area (Å²) in [7, 11) is 4.01. The molecule has 2 aromatic heterocycles. The van der Waals surface area contributed by atoms with Crippen LogP contribution in [0.1, 0.15) is 19.5 Å². The molecule has 2 heterocycles. The van der Waals surface area contributed by atoms with Gasteiger partial charge in [-0.1, -0.05) is 19.9 Å². The molecule has 116 valence electrons. The van der Waals surface area contributed by atoms with Gasteiger partial charge in [-0.2, -0.15) is 4.98 Å². The third kappa shape index (κ3) is 3.62. The van der Waals surface area contributed by atoms with E-state index in [1.54, 1.807) is 0 Å². The first kappa shape index (κ1) is 16.0. The molecular formula is C17H22N4O. The first-order valence-corrected chi connectivity index (χ1v) is 7.39. The number of fused-ring (bicyclic) bond motifs is 1. The van der Waals surface area contributed by atoms with Crippen LogP contribution in [-0.4, -0.2) is 29.0 Å². The predicted octanol–water partition coefficient (Wildman–Crippen LogP) is 3.56. The maximum absolute atomic E-state index is 5.78. The van der Waals surface area contributed by atoms with Gasteiger partial charge in [-0.05, 0) is 44.4 Å². The number of nitrogen functional groups attached to an aromatic ring is 1. The van der Waals surface area contributed by atoms with Gasteiger partial charge in [0.05, 0.1) is 5.69 Å². The fraction of sp³-hybridized carbons (Fsp3) is 0.294. The van der Waals surface area contributed by atoms with Crippen LogP contribution in [0.5, 0.6) is 0 Å². The van der Waals surface area contributed by atoms with E-state index in [1.807, 2.05) is 64.3 Å². The Bertz CT molecular complexity index is 749. The van der Waals surface area contributed by atoms with E-state index in [0.717, 1.165) is 17.8 Å². The lowest BCUT2D eigenvalue weighted by molar-refractivity contribution is 0.397. The Balaban J connectivity index is 0.000000847. The van der Waals surface area contributed by atoms with Crippen LogP contribution in [0.4, 0.5) is 5.69 Å². The Morgan fingerprint density at radius 1 is 1.09 bits per heavy atom. The summed E-state index contributed by atoms with van der Waals surface area (Å²) < 4.78 is 5.73.